The van der Waals surface area contributed by atoms with E-state index >= 15 is 0 Å². The molecular weight excluding hydrogens is 202 g/mol. The molecule has 1 aromatic rings. The zero-order chi connectivity index (χ0) is 11.2. The van der Waals surface area contributed by atoms with Crippen molar-refractivity contribution in [1.29, 1.82) is 0 Å². The summed E-state index contributed by atoms with van der Waals surface area (Å²) in [6.45, 7) is 1.56. The lowest BCUT2D eigenvalue weighted by molar-refractivity contribution is -0.120. The first-order valence-corrected chi connectivity index (χ1v) is 5.74. The van der Waals surface area contributed by atoms with Crippen molar-refractivity contribution in [2.24, 2.45) is 0 Å². The Morgan fingerprint density at radius 1 is 1.38 bits per heavy atom. The molecule has 0 unspecified atom stereocenters. The van der Waals surface area contributed by atoms with Crippen LogP contribution in [0.2, 0.25) is 0 Å². The molecule has 0 bridgehead atoms. The second kappa shape index (κ2) is 5.61. The molecular formula is C12H17N3O. The summed E-state index contributed by atoms with van der Waals surface area (Å²) < 4.78 is 0. The molecule has 86 valence electrons. The van der Waals surface area contributed by atoms with Crippen molar-refractivity contribution in [3.05, 3.63) is 30.1 Å². The molecule has 2 rings (SSSR count). The summed E-state index contributed by atoms with van der Waals surface area (Å²) in [5.41, 5.74) is 0.815. The van der Waals surface area contributed by atoms with Crippen LogP contribution in [0.3, 0.4) is 0 Å². The minimum atomic E-state index is 0.0382. The van der Waals surface area contributed by atoms with Gasteiger partial charge in [0.1, 0.15) is 0 Å². The zero-order valence-corrected chi connectivity index (χ0v) is 9.28. The van der Waals surface area contributed by atoms with E-state index in [0.29, 0.717) is 19.0 Å². The van der Waals surface area contributed by atoms with Crippen LogP contribution in [-0.2, 0) is 11.2 Å². The van der Waals surface area contributed by atoms with Gasteiger partial charge in [0.05, 0.1) is 6.42 Å². The highest BCUT2D eigenvalue weighted by atomic mass is 16.1. The largest absolute Gasteiger partial charge is 0.354 e. The molecule has 4 nitrogen and oxygen atoms in total. The van der Waals surface area contributed by atoms with Gasteiger partial charge in [-0.3, -0.25) is 9.78 Å². The van der Waals surface area contributed by atoms with Crippen molar-refractivity contribution in [3.63, 3.8) is 0 Å². The maximum absolute atomic E-state index is 11.5. The molecule has 0 atom stereocenters. The van der Waals surface area contributed by atoms with Gasteiger partial charge >= 0.3 is 0 Å². The van der Waals surface area contributed by atoms with Crippen LogP contribution in [0.15, 0.2) is 24.4 Å². The summed E-state index contributed by atoms with van der Waals surface area (Å²) in [5, 5.41) is 6.22. The van der Waals surface area contributed by atoms with Crippen LogP contribution in [0.25, 0.3) is 0 Å². The maximum Gasteiger partial charge on any atom is 0.226 e. The van der Waals surface area contributed by atoms with Gasteiger partial charge in [0, 0.05) is 31.0 Å². The molecule has 0 saturated heterocycles. The highest BCUT2D eigenvalue weighted by molar-refractivity contribution is 5.78. The Morgan fingerprint density at radius 2 is 2.25 bits per heavy atom. The number of hydrogen-bond acceptors (Lipinski definition) is 3. The van der Waals surface area contributed by atoms with Crippen LogP contribution in [0.5, 0.6) is 0 Å². The zero-order valence-electron chi connectivity index (χ0n) is 9.28. The van der Waals surface area contributed by atoms with Gasteiger partial charge in [0.15, 0.2) is 0 Å². The third kappa shape index (κ3) is 3.98. The summed E-state index contributed by atoms with van der Waals surface area (Å²) >= 11 is 0. The van der Waals surface area contributed by atoms with E-state index in [2.05, 4.69) is 15.6 Å². The topological polar surface area (TPSA) is 54.0 Å². The molecule has 2 N–H and O–H groups in total. The van der Waals surface area contributed by atoms with Crippen LogP contribution < -0.4 is 10.6 Å². The first-order chi connectivity index (χ1) is 7.84. The van der Waals surface area contributed by atoms with E-state index in [9.17, 15) is 4.79 Å². The Bertz CT molecular complexity index is 335. The predicted octanol–water partition coefficient (Wildman–Crippen LogP) is 0.492. The number of nitrogens with one attached hydrogen (secondary N) is 2. The molecule has 0 aliphatic heterocycles. The van der Waals surface area contributed by atoms with Gasteiger partial charge < -0.3 is 10.6 Å². The highest BCUT2D eigenvalue weighted by Gasteiger charge is 2.19. The SMILES string of the molecule is O=C(Cc1ccccn1)NCCNC1CC1. The third-order valence-corrected chi connectivity index (χ3v) is 2.53. The number of aromatic nitrogens is 1. The molecule has 4 heteroatoms. The van der Waals surface area contributed by atoms with E-state index in [-0.39, 0.29) is 5.91 Å². The number of rotatable bonds is 6. The first kappa shape index (κ1) is 11.1. The average molecular weight is 219 g/mol. The van der Waals surface area contributed by atoms with Crippen molar-refractivity contribution in [2.45, 2.75) is 25.3 Å². The fraction of sp³-hybridized carbons (Fsp3) is 0.500. The normalized spacial score (nSPS) is 14.8. The van der Waals surface area contributed by atoms with Gasteiger partial charge in [-0.1, -0.05) is 6.07 Å². The molecule has 0 radical (unpaired) electrons. The van der Waals surface area contributed by atoms with Crippen LogP contribution in [0.1, 0.15) is 18.5 Å². The summed E-state index contributed by atoms with van der Waals surface area (Å²) in [4.78, 5) is 15.6. The molecule has 1 aliphatic carbocycles. The van der Waals surface area contributed by atoms with Crippen molar-refractivity contribution >= 4 is 5.91 Å². The fourth-order valence-electron chi connectivity index (χ4n) is 1.50. The summed E-state index contributed by atoms with van der Waals surface area (Å²) in [6, 6.07) is 6.31. The molecule has 1 amide bonds. The van der Waals surface area contributed by atoms with Crippen LogP contribution >= 0.6 is 0 Å². The van der Waals surface area contributed by atoms with E-state index in [1.807, 2.05) is 18.2 Å². The molecule has 1 aromatic heterocycles. The van der Waals surface area contributed by atoms with E-state index in [1.165, 1.54) is 12.8 Å². The number of carbonyl (C=O) groups excluding carboxylic acids is 1. The minimum Gasteiger partial charge on any atom is -0.354 e. The molecule has 1 saturated carbocycles. The number of hydrogen-bond donors (Lipinski definition) is 2. The van der Waals surface area contributed by atoms with Crippen LogP contribution in [-0.4, -0.2) is 30.0 Å². The number of carbonyl (C=O) groups is 1. The lowest BCUT2D eigenvalue weighted by Gasteiger charge is -2.05. The van der Waals surface area contributed by atoms with Crippen molar-refractivity contribution in [1.82, 2.24) is 15.6 Å². The summed E-state index contributed by atoms with van der Waals surface area (Å²) in [7, 11) is 0. The third-order valence-electron chi connectivity index (χ3n) is 2.53. The van der Waals surface area contributed by atoms with Crippen molar-refractivity contribution in [2.75, 3.05) is 13.1 Å². The maximum atomic E-state index is 11.5. The van der Waals surface area contributed by atoms with Gasteiger partial charge in [0.25, 0.3) is 0 Å². The second-order valence-corrected chi connectivity index (χ2v) is 4.08. The molecule has 16 heavy (non-hydrogen) atoms. The van der Waals surface area contributed by atoms with Gasteiger partial charge in [-0.15, -0.1) is 0 Å². The van der Waals surface area contributed by atoms with E-state index in [4.69, 9.17) is 0 Å². The van der Waals surface area contributed by atoms with Gasteiger partial charge in [-0.05, 0) is 25.0 Å². The highest BCUT2D eigenvalue weighted by Crippen LogP contribution is 2.17. The Hall–Kier alpha value is -1.42. The average Bonchev–Trinajstić information content (AvgIpc) is 3.10. The van der Waals surface area contributed by atoms with Crippen molar-refractivity contribution in [3.8, 4) is 0 Å². The van der Waals surface area contributed by atoms with Gasteiger partial charge in [-0.25, -0.2) is 0 Å². The molecule has 1 heterocycles. The van der Waals surface area contributed by atoms with Crippen LogP contribution in [0.4, 0.5) is 0 Å². The molecule has 1 aliphatic rings. The minimum absolute atomic E-state index is 0.0382. The smallest absolute Gasteiger partial charge is 0.226 e. The van der Waals surface area contributed by atoms with Crippen molar-refractivity contribution < 1.29 is 4.79 Å². The van der Waals surface area contributed by atoms with E-state index in [1.54, 1.807) is 6.20 Å². The van der Waals surface area contributed by atoms with E-state index in [0.717, 1.165) is 12.2 Å². The Balaban J connectivity index is 1.60. The lowest BCUT2D eigenvalue weighted by atomic mass is 10.2. The van der Waals surface area contributed by atoms with E-state index < -0.39 is 0 Å². The van der Waals surface area contributed by atoms with Crippen LogP contribution in [0, 0.1) is 0 Å². The standard InChI is InChI=1S/C12H17N3O/c16-12(9-11-3-1-2-6-13-11)15-8-7-14-10-4-5-10/h1-3,6,10,14H,4-5,7-9H2,(H,15,16). The Labute approximate surface area is 95.5 Å². The quantitative estimate of drug-likeness (QED) is 0.685. The second-order valence-electron chi connectivity index (χ2n) is 4.08. The monoisotopic (exact) mass is 219 g/mol. The number of amides is 1. The molecule has 0 spiro atoms. The summed E-state index contributed by atoms with van der Waals surface area (Å²) in [5.74, 6) is 0.0382. The Morgan fingerprint density at radius 3 is 2.94 bits per heavy atom. The first-order valence-electron chi connectivity index (χ1n) is 5.74. The number of nitrogens with zero attached hydrogens (tertiary/aromatic N) is 1. The predicted molar refractivity (Wildman–Crippen MR) is 62.0 cm³/mol. The molecule has 0 aromatic carbocycles. The van der Waals surface area contributed by atoms with Gasteiger partial charge in [-0.2, -0.15) is 0 Å². The lowest BCUT2D eigenvalue weighted by Crippen LogP contribution is -2.33. The summed E-state index contributed by atoms with van der Waals surface area (Å²) in [6.07, 6.45) is 4.63. The van der Waals surface area contributed by atoms with Gasteiger partial charge in [0.2, 0.25) is 5.91 Å². The molecule has 1 fully saturated rings. The Kier molecular flexibility index (Phi) is 3.88. The number of pyridine rings is 1. The fourth-order valence-corrected chi connectivity index (χ4v) is 1.50.